The first-order valence-corrected chi connectivity index (χ1v) is 5.68. The van der Waals surface area contributed by atoms with Gasteiger partial charge >= 0.3 is 0 Å². The molecule has 0 bridgehead atoms. The normalized spacial score (nSPS) is 9.38. The van der Waals surface area contributed by atoms with Crippen molar-refractivity contribution in [3.63, 3.8) is 0 Å². The molecule has 0 N–H and O–H groups in total. The van der Waals surface area contributed by atoms with Crippen molar-refractivity contribution in [1.82, 2.24) is 4.90 Å². The minimum absolute atomic E-state index is 0.576. The molecule has 0 aromatic rings. The van der Waals surface area contributed by atoms with Gasteiger partial charge in [-0.25, -0.2) is 0 Å². The summed E-state index contributed by atoms with van der Waals surface area (Å²) in [4.78, 5) is 2.24. The summed E-state index contributed by atoms with van der Waals surface area (Å²) in [7, 11) is 0. The summed E-state index contributed by atoms with van der Waals surface area (Å²) in [5, 5.41) is 25.4. The number of hydrogen-bond donors (Lipinski definition) is 0. The van der Waals surface area contributed by atoms with Gasteiger partial charge in [-0.15, -0.1) is 0 Å². The topological polar surface area (TPSA) is 74.6 Å². The van der Waals surface area contributed by atoms with Gasteiger partial charge in [0.2, 0.25) is 0 Å². The summed E-state index contributed by atoms with van der Waals surface area (Å²) in [6.07, 6.45) is 4.34. The predicted octanol–water partition coefficient (Wildman–Crippen LogP) is 2.20. The Kier molecular flexibility index (Phi) is 10.4. The molecule has 0 aliphatic rings. The molecular formula is C12H18N4. The third-order valence-electron chi connectivity index (χ3n) is 2.29. The Morgan fingerprint density at radius 3 is 1.19 bits per heavy atom. The van der Waals surface area contributed by atoms with Crippen molar-refractivity contribution in [1.29, 1.82) is 15.8 Å². The fraction of sp³-hybridized carbons (Fsp3) is 0.750. The van der Waals surface area contributed by atoms with Gasteiger partial charge in [0, 0.05) is 19.3 Å². The lowest BCUT2D eigenvalue weighted by Gasteiger charge is -2.20. The number of nitrogens with zero attached hydrogens (tertiary/aromatic N) is 4. The second-order valence-electron chi connectivity index (χ2n) is 3.63. The van der Waals surface area contributed by atoms with Gasteiger partial charge in [0.1, 0.15) is 0 Å². The van der Waals surface area contributed by atoms with Crippen LogP contribution >= 0.6 is 0 Å². The van der Waals surface area contributed by atoms with Crippen molar-refractivity contribution in [2.45, 2.75) is 38.5 Å². The Hall–Kier alpha value is -1.57. The van der Waals surface area contributed by atoms with Crippen molar-refractivity contribution < 1.29 is 0 Å². The Bertz CT molecular complexity index is 231. The van der Waals surface area contributed by atoms with E-state index in [1.165, 1.54) is 0 Å². The van der Waals surface area contributed by atoms with E-state index in [0.29, 0.717) is 19.3 Å². The third-order valence-corrected chi connectivity index (χ3v) is 2.29. The zero-order chi connectivity index (χ0) is 12.1. The van der Waals surface area contributed by atoms with E-state index in [0.717, 1.165) is 38.9 Å². The molecule has 0 atom stereocenters. The maximum atomic E-state index is 8.45. The first-order chi connectivity index (χ1) is 7.85. The highest BCUT2D eigenvalue weighted by Crippen LogP contribution is 2.01. The molecule has 86 valence electrons. The summed E-state index contributed by atoms with van der Waals surface area (Å²) in [5.41, 5.74) is 0. The third kappa shape index (κ3) is 9.00. The van der Waals surface area contributed by atoms with Crippen LogP contribution in [-0.4, -0.2) is 24.5 Å². The highest BCUT2D eigenvalue weighted by atomic mass is 15.1. The van der Waals surface area contributed by atoms with E-state index in [2.05, 4.69) is 23.1 Å². The van der Waals surface area contributed by atoms with Crippen LogP contribution < -0.4 is 0 Å². The van der Waals surface area contributed by atoms with Crippen LogP contribution in [0.1, 0.15) is 38.5 Å². The largest absolute Gasteiger partial charge is 0.303 e. The number of nitriles is 3. The van der Waals surface area contributed by atoms with Crippen LogP contribution in [0.25, 0.3) is 0 Å². The smallest absolute Gasteiger partial charge is 0.0622 e. The van der Waals surface area contributed by atoms with Gasteiger partial charge in [0.15, 0.2) is 0 Å². The molecule has 4 heteroatoms. The molecule has 0 aliphatic heterocycles. The van der Waals surface area contributed by atoms with Gasteiger partial charge in [-0.05, 0) is 38.9 Å². The average molecular weight is 218 g/mol. The van der Waals surface area contributed by atoms with Crippen LogP contribution in [0.4, 0.5) is 0 Å². The lowest BCUT2D eigenvalue weighted by molar-refractivity contribution is 0.267. The molecule has 0 heterocycles. The van der Waals surface area contributed by atoms with E-state index in [9.17, 15) is 0 Å². The van der Waals surface area contributed by atoms with E-state index < -0.39 is 0 Å². The number of hydrogen-bond acceptors (Lipinski definition) is 4. The average Bonchev–Trinajstić information content (AvgIpc) is 2.29. The van der Waals surface area contributed by atoms with Crippen LogP contribution in [0, 0.1) is 34.0 Å². The molecule has 0 aliphatic carbocycles. The first-order valence-electron chi connectivity index (χ1n) is 5.68. The molecule has 16 heavy (non-hydrogen) atoms. The van der Waals surface area contributed by atoms with E-state index in [1.807, 2.05) is 0 Å². The lowest BCUT2D eigenvalue weighted by Crippen LogP contribution is -2.27. The molecule has 0 fully saturated rings. The Labute approximate surface area is 97.7 Å². The van der Waals surface area contributed by atoms with Gasteiger partial charge in [-0.1, -0.05) is 0 Å². The second kappa shape index (κ2) is 11.5. The standard InChI is InChI=1S/C12H18N4/c13-7-1-4-10-16(11-5-2-8-14)12-6-3-9-15/h1-6,10-12H2. The van der Waals surface area contributed by atoms with Gasteiger partial charge in [-0.2, -0.15) is 15.8 Å². The SMILES string of the molecule is N#CCCCN(CCCC#N)CCCC#N. The van der Waals surface area contributed by atoms with Crippen molar-refractivity contribution in [3.8, 4) is 18.2 Å². The van der Waals surface area contributed by atoms with E-state index in [4.69, 9.17) is 15.8 Å². The summed E-state index contributed by atoms with van der Waals surface area (Å²) in [6, 6.07) is 6.38. The van der Waals surface area contributed by atoms with Gasteiger partial charge in [-0.3, -0.25) is 0 Å². The zero-order valence-corrected chi connectivity index (χ0v) is 9.65. The van der Waals surface area contributed by atoms with Crippen LogP contribution in [0.2, 0.25) is 0 Å². The summed E-state index contributed by atoms with van der Waals surface area (Å²) < 4.78 is 0. The molecule has 0 unspecified atom stereocenters. The maximum absolute atomic E-state index is 8.45. The minimum atomic E-state index is 0.576. The van der Waals surface area contributed by atoms with Crippen molar-refractivity contribution in [2.75, 3.05) is 19.6 Å². The molecule has 0 radical (unpaired) electrons. The van der Waals surface area contributed by atoms with Gasteiger partial charge in [0.05, 0.1) is 18.2 Å². The van der Waals surface area contributed by atoms with E-state index >= 15 is 0 Å². The quantitative estimate of drug-likeness (QED) is 0.556. The second-order valence-corrected chi connectivity index (χ2v) is 3.63. The Balaban J connectivity index is 3.73. The van der Waals surface area contributed by atoms with E-state index in [1.54, 1.807) is 0 Å². The van der Waals surface area contributed by atoms with Crippen LogP contribution in [0.5, 0.6) is 0 Å². The molecule has 0 saturated heterocycles. The van der Waals surface area contributed by atoms with Crippen molar-refractivity contribution >= 4 is 0 Å². The maximum Gasteiger partial charge on any atom is 0.0622 e. The monoisotopic (exact) mass is 218 g/mol. The number of unbranched alkanes of at least 4 members (excludes halogenated alkanes) is 3. The molecule has 0 saturated carbocycles. The van der Waals surface area contributed by atoms with Gasteiger partial charge < -0.3 is 4.90 Å². The molecular weight excluding hydrogens is 200 g/mol. The van der Waals surface area contributed by atoms with Crippen molar-refractivity contribution in [3.05, 3.63) is 0 Å². The van der Waals surface area contributed by atoms with Gasteiger partial charge in [0.25, 0.3) is 0 Å². The highest BCUT2D eigenvalue weighted by Gasteiger charge is 2.03. The Morgan fingerprint density at radius 2 is 0.938 bits per heavy atom. The minimum Gasteiger partial charge on any atom is -0.303 e. The van der Waals surface area contributed by atoms with E-state index in [-0.39, 0.29) is 0 Å². The summed E-state index contributed by atoms with van der Waals surface area (Å²) in [5.74, 6) is 0. The predicted molar refractivity (Wildman–Crippen MR) is 61.0 cm³/mol. The van der Waals surface area contributed by atoms with Crippen LogP contribution in [0.3, 0.4) is 0 Å². The highest BCUT2D eigenvalue weighted by molar-refractivity contribution is 4.74. The summed E-state index contributed by atoms with van der Waals surface area (Å²) in [6.45, 7) is 2.68. The zero-order valence-electron chi connectivity index (χ0n) is 9.65. The number of rotatable bonds is 9. The lowest BCUT2D eigenvalue weighted by atomic mass is 10.2. The van der Waals surface area contributed by atoms with Crippen molar-refractivity contribution in [2.24, 2.45) is 0 Å². The first kappa shape index (κ1) is 14.4. The molecule has 0 spiro atoms. The molecule has 0 rings (SSSR count). The molecule has 0 amide bonds. The fourth-order valence-electron chi connectivity index (χ4n) is 1.48. The molecule has 0 aromatic heterocycles. The Morgan fingerprint density at radius 1 is 0.625 bits per heavy atom. The molecule has 0 aromatic carbocycles. The van der Waals surface area contributed by atoms with Crippen LogP contribution in [0.15, 0.2) is 0 Å². The fourth-order valence-corrected chi connectivity index (χ4v) is 1.48. The van der Waals surface area contributed by atoms with Crippen LogP contribution in [-0.2, 0) is 0 Å². The molecule has 4 nitrogen and oxygen atoms in total. The summed E-state index contributed by atoms with van der Waals surface area (Å²) >= 11 is 0.